The van der Waals surface area contributed by atoms with E-state index in [1.54, 1.807) is 47.9 Å². The van der Waals surface area contributed by atoms with Crippen LogP contribution in [0.15, 0.2) is 48.5 Å². The van der Waals surface area contributed by atoms with Gasteiger partial charge < -0.3 is 19.4 Å². The van der Waals surface area contributed by atoms with Crippen LogP contribution in [0.25, 0.3) is 11.3 Å². The van der Waals surface area contributed by atoms with Crippen LogP contribution in [-0.2, 0) is 11.3 Å². The number of nitrogens with zero attached hydrogens (tertiary/aromatic N) is 1. The van der Waals surface area contributed by atoms with Crippen molar-refractivity contribution in [3.05, 3.63) is 65.6 Å². The van der Waals surface area contributed by atoms with Gasteiger partial charge in [0.1, 0.15) is 23.9 Å². The van der Waals surface area contributed by atoms with E-state index in [0.717, 1.165) is 0 Å². The van der Waals surface area contributed by atoms with Crippen LogP contribution in [0.1, 0.15) is 23.0 Å². The molecule has 0 bridgehead atoms. The monoisotopic (exact) mass is 410 g/mol. The van der Waals surface area contributed by atoms with E-state index in [1.807, 2.05) is 0 Å². The van der Waals surface area contributed by atoms with E-state index in [1.165, 1.54) is 33.3 Å². The zero-order chi connectivity index (χ0) is 21.8. The molecule has 0 aliphatic carbocycles. The van der Waals surface area contributed by atoms with Crippen LogP contribution in [0.3, 0.4) is 0 Å². The molecular weight excluding hydrogens is 387 g/mol. The Morgan fingerprint density at radius 2 is 1.60 bits per heavy atom. The van der Waals surface area contributed by atoms with Crippen molar-refractivity contribution in [2.45, 2.75) is 20.4 Å². The predicted octanol–water partition coefficient (Wildman–Crippen LogP) is 4.46. The number of benzene rings is 2. The van der Waals surface area contributed by atoms with E-state index in [4.69, 9.17) is 9.47 Å². The first-order valence-corrected chi connectivity index (χ1v) is 9.32. The third-order valence-corrected chi connectivity index (χ3v) is 4.82. The molecular formula is C23H23FN2O4. The minimum absolute atomic E-state index is 0.0225. The number of rotatable bonds is 7. The van der Waals surface area contributed by atoms with Crippen LogP contribution in [0.2, 0.25) is 0 Å². The fourth-order valence-electron chi connectivity index (χ4n) is 3.29. The highest BCUT2D eigenvalue weighted by Gasteiger charge is 2.18. The quantitative estimate of drug-likeness (QED) is 0.584. The molecule has 0 aliphatic rings. The summed E-state index contributed by atoms with van der Waals surface area (Å²) in [7, 11) is 3.06. The molecule has 6 nitrogen and oxygen atoms in total. The molecule has 0 saturated carbocycles. The summed E-state index contributed by atoms with van der Waals surface area (Å²) < 4.78 is 25.5. The molecule has 0 aliphatic heterocycles. The fraction of sp³-hybridized carbons (Fsp3) is 0.217. The maximum Gasteiger partial charge on any atom is 0.244 e. The predicted molar refractivity (Wildman–Crippen MR) is 113 cm³/mol. The lowest BCUT2D eigenvalue weighted by Gasteiger charge is -2.14. The van der Waals surface area contributed by atoms with Crippen molar-refractivity contribution in [1.82, 2.24) is 4.57 Å². The second-order valence-corrected chi connectivity index (χ2v) is 6.83. The van der Waals surface area contributed by atoms with Gasteiger partial charge in [0.05, 0.1) is 14.2 Å². The van der Waals surface area contributed by atoms with Gasteiger partial charge in [-0.2, -0.15) is 0 Å². The third kappa shape index (κ3) is 4.51. The highest BCUT2D eigenvalue weighted by Crippen LogP contribution is 2.28. The number of aromatic nitrogens is 1. The zero-order valence-electron chi connectivity index (χ0n) is 17.3. The van der Waals surface area contributed by atoms with Crippen molar-refractivity contribution in [3.63, 3.8) is 0 Å². The first-order chi connectivity index (χ1) is 14.3. The summed E-state index contributed by atoms with van der Waals surface area (Å²) in [5.74, 6) is 0.348. The lowest BCUT2D eigenvalue weighted by molar-refractivity contribution is -0.116. The molecule has 0 atom stereocenters. The first-order valence-electron chi connectivity index (χ1n) is 9.32. The van der Waals surface area contributed by atoms with Gasteiger partial charge in [0, 0.05) is 40.8 Å². The van der Waals surface area contributed by atoms with Gasteiger partial charge in [-0.3, -0.25) is 9.59 Å². The fourth-order valence-corrected chi connectivity index (χ4v) is 3.29. The molecule has 0 unspecified atom stereocenters. The average Bonchev–Trinajstić information content (AvgIpc) is 3.04. The number of hydrogen-bond donors (Lipinski definition) is 1. The molecule has 1 heterocycles. The summed E-state index contributed by atoms with van der Waals surface area (Å²) in [5, 5.41) is 2.83. The second-order valence-electron chi connectivity index (χ2n) is 6.83. The minimum Gasteiger partial charge on any atom is -0.497 e. The molecule has 2 aromatic carbocycles. The number of methoxy groups -OCH3 is 2. The number of halogens is 1. The van der Waals surface area contributed by atoms with Crippen molar-refractivity contribution in [2.75, 3.05) is 19.5 Å². The number of ketones is 1. The zero-order valence-corrected chi connectivity index (χ0v) is 17.3. The number of ether oxygens (including phenoxy) is 2. The standard InChI is InChI=1S/C23H23FN2O4/c1-14-21(15(2)27)12-22(16-5-7-17(24)8-6-16)26(14)13-23(28)25-18-9-19(29-3)11-20(10-18)30-4/h5-12H,13H2,1-4H3,(H,25,28). The molecule has 1 N–H and O–H groups in total. The van der Waals surface area contributed by atoms with Gasteiger partial charge in [-0.25, -0.2) is 4.39 Å². The molecule has 7 heteroatoms. The van der Waals surface area contributed by atoms with E-state index in [2.05, 4.69) is 5.32 Å². The van der Waals surface area contributed by atoms with E-state index >= 15 is 0 Å². The van der Waals surface area contributed by atoms with Crippen molar-refractivity contribution >= 4 is 17.4 Å². The van der Waals surface area contributed by atoms with Crippen LogP contribution < -0.4 is 14.8 Å². The molecule has 0 fully saturated rings. The maximum atomic E-state index is 13.3. The van der Waals surface area contributed by atoms with Crippen LogP contribution in [0, 0.1) is 12.7 Å². The summed E-state index contributed by atoms with van der Waals surface area (Å²) in [6.45, 7) is 3.24. The van der Waals surface area contributed by atoms with Crippen molar-refractivity contribution in [2.24, 2.45) is 0 Å². The second kappa shape index (κ2) is 8.82. The van der Waals surface area contributed by atoms with Crippen molar-refractivity contribution in [1.29, 1.82) is 0 Å². The maximum absolute atomic E-state index is 13.3. The van der Waals surface area contributed by atoms with Gasteiger partial charge >= 0.3 is 0 Å². The number of carbonyl (C=O) groups excluding carboxylic acids is 2. The van der Waals surface area contributed by atoms with E-state index in [9.17, 15) is 14.0 Å². The Bertz CT molecular complexity index is 1070. The molecule has 156 valence electrons. The molecule has 3 rings (SSSR count). The molecule has 0 spiro atoms. The number of Topliss-reactive ketones (excluding diaryl/α,β-unsaturated/α-hetero) is 1. The Kier molecular flexibility index (Phi) is 6.20. The number of anilines is 1. The minimum atomic E-state index is -0.356. The third-order valence-electron chi connectivity index (χ3n) is 4.82. The largest absolute Gasteiger partial charge is 0.497 e. The number of hydrogen-bond acceptors (Lipinski definition) is 4. The molecule has 0 radical (unpaired) electrons. The Labute approximate surface area is 174 Å². The van der Waals surface area contributed by atoms with Crippen molar-refractivity contribution in [3.8, 4) is 22.8 Å². The van der Waals surface area contributed by atoms with Gasteiger partial charge in [0.2, 0.25) is 5.91 Å². The van der Waals surface area contributed by atoms with Gasteiger partial charge in [0.25, 0.3) is 0 Å². The average molecular weight is 410 g/mol. The SMILES string of the molecule is COc1cc(NC(=O)Cn2c(-c3ccc(F)cc3)cc(C(C)=O)c2C)cc(OC)c1. The van der Waals surface area contributed by atoms with Gasteiger partial charge in [-0.05, 0) is 49.7 Å². The lowest BCUT2D eigenvalue weighted by atomic mass is 10.1. The molecule has 1 aromatic heterocycles. The van der Waals surface area contributed by atoms with Gasteiger partial charge in [0.15, 0.2) is 5.78 Å². The topological polar surface area (TPSA) is 69.6 Å². The van der Waals surface area contributed by atoms with Crippen LogP contribution >= 0.6 is 0 Å². The Morgan fingerprint density at radius 3 is 2.13 bits per heavy atom. The van der Waals surface area contributed by atoms with E-state index in [-0.39, 0.29) is 24.1 Å². The smallest absolute Gasteiger partial charge is 0.244 e. The number of amides is 1. The summed E-state index contributed by atoms with van der Waals surface area (Å²) in [6, 6.07) is 12.7. The van der Waals surface area contributed by atoms with Gasteiger partial charge in [-0.15, -0.1) is 0 Å². The number of carbonyl (C=O) groups is 2. The van der Waals surface area contributed by atoms with Crippen LogP contribution in [-0.4, -0.2) is 30.5 Å². The van der Waals surface area contributed by atoms with Gasteiger partial charge in [-0.1, -0.05) is 0 Å². The van der Waals surface area contributed by atoms with E-state index < -0.39 is 0 Å². The first kappa shape index (κ1) is 21.1. The molecule has 1 amide bonds. The lowest BCUT2D eigenvalue weighted by Crippen LogP contribution is -2.20. The van der Waals surface area contributed by atoms with Crippen LogP contribution in [0.4, 0.5) is 10.1 Å². The molecule has 30 heavy (non-hydrogen) atoms. The van der Waals surface area contributed by atoms with Crippen LogP contribution in [0.5, 0.6) is 11.5 Å². The Balaban J connectivity index is 1.93. The normalized spacial score (nSPS) is 10.6. The summed E-state index contributed by atoms with van der Waals surface area (Å²) in [5.41, 5.74) is 3.08. The molecule has 0 saturated heterocycles. The Hall–Kier alpha value is -3.61. The summed E-state index contributed by atoms with van der Waals surface area (Å²) >= 11 is 0. The Morgan fingerprint density at radius 1 is 1.00 bits per heavy atom. The number of nitrogens with one attached hydrogen (secondary N) is 1. The highest BCUT2D eigenvalue weighted by molar-refractivity contribution is 5.97. The van der Waals surface area contributed by atoms with Crippen molar-refractivity contribution < 1.29 is 23.5 Å². The summed E-state index contributed by atoms with van der Waals surface area (Å²) in [6.07, 6.45) is 0. The highest BCUT2D eigenvalue weighted by atomic mass is 19.1. The van der Waals surface area contributed by atoms with E-state index in [0.29, 0.717) is 39.7 Å². The molecule has 3 aromatic rings. The summed E-state index contributed by atoms with van der Waals surface area (Å²) in [4.78, 5) is 24.8.